The van der Waals surface area contributed by atoms with Crippen molar-refractivity contribution in [3.8, 4) is 0 Å². The molecule has 0 amide bonds. The van der Waals surface area contributed by atoms with Gasteiger partial charge in [-0.1, -0.05) is 0 Å². The molecule has 1 unspecified atom stereocenters. The Hall–Kier alpha value is 0.199. The minimum atomic E-state index is -3.06. The summed E-state index contributed by atoms with van der Waals surface area (Å²) in [5.74, 6) is 0. The molecule has 0 aromatic rings. The van der Waals surface area contributed by atoms with Gasteiger partial charge in [0.1, 0.15) is 0 Å². The van der Waals surface area contributed by atoms with E-state index < -0.39 is 14.5 Å². The van der Waals surface area contributed by atoms with Crippen LogP contribution in [0.3, 0.4) is 0 Å². The first-order valence-corrected chi connectivity index (χ1v) is 6.11. The van der Waals surface area contributed by atoms with E-state index in [1.807, 2.05) is 13.8 Å². The van der Waals surface area contributed by atoms with E-state index in [0.717, 1.165) is 12.8 Å². The van der Waals surface area contributed by atoms with Crippen molar-refractivity contribution in [3.05, 3.63) is 0 Å². The van der Waals surface area contributed by atoms with Gasteiger partial charge in [0, 0.05) is 0 Å². The van der Waals surface area contributed by atoms with Gasteiger partial charge >= 0.3 is 76.8 Å². The summed E-state index contributed by atoms with van der Waals surface area (Å²) in [7, 11) is 0. The molecule has 4 nitrogen and oxygen atoms in total. The average Bonchev–Trinajstić information content (AvgIpc) is 2.08. The second-order valence-corrected chi connectivity index (χ2v) is 4.25. The quantitative estimate of drug-likeness (QED) is 0.654. The molecule has 1 atom stereocenters. The van der Waals surface area contributed by atoms with Gasteiger partial charge < -0.3 is 0 Å². The molecule has 0 rings (SSSR count). The molecule has 0 fully saturated rings. The summed E-state index contributed by atoms with van der Waals surface area (Å²) in [6, 6.07) is 0. The number of hydrogen-bond acceptors (Lipinski definition) is 3. The third-order valence-corrected chi connectivity index (χ3v) is 2.97. The van der Waals surface area contributed by atoms with Gasteiger partial charge in [0.25, 0.3) is 0 Å². The van der Waals surface area contributed by atoms with Crippen LogP contribution in [-0.2, 0) is 7.65 Å². The zero-order valence-electron chi connectivity index (χ0n) is 7.45. The Morgan fingerprint density at radius 2 is 1.92 bits per heavy atom. The van der Waals surface area contributed by atoms with Gasteiger partial charge in [-0.25, -0.2) is 0 Å². The SMILES string of the molecule is CCC(CC)(CO)CO[Se](=O)O. The topological polar surface area (TPSA) is 66.8 Å². The van der Waals surface area contributed by atoms with Crippen molar-refractivity contribution in [3.63, 3.8) is 0 Å². The zero-order valence-corrected chi connectivity index (χ0v) is 9.16. The van der Waals surface area contributed by atoms with Crippen molar-refractivity contribution < 1.29 is 16.9 Å². The summed E-state index contributed by atoms with van der Waals surface area (Å²) in [4.78, 5) is 0. The summed E-state index contributed by atoms with van der Waals surface area (Å²) in [5, 5.41) is 9.04. The van der Waals surface area contributed by atoms with Crippen LogP contribution in [0.2, 0.25) is 0 Å². The molecule has 5 heteroatoms. The van der Waals surface area contributed by atoms with E-state index in [1.54, 1.807) is 0 Å². The van der Waals surface area contributed by atoms with Crippen molar-refractivity contribution in [1.29, 1.82) is 0 Å². The Morgan fingerprint density at radius 3 is 2.17 bits per heavy atom. The Morgan fingerprint density at radius 1 is 1.42 bits per heavy atom. The molecule has 0 radical (unpaired) electrons. The molecule has 0 aromatic heterocycles. The van der Waals surface area contributed by atoms with Gasteiger partial charge in [0.05, 0.1) is 0 Å². The van der Waals surface area contributed by atoms with Gasteiger partial charge in [-0.05, 0) is 0 Å². The zero-order chi connectivity index (χ0) is 9.61. The first kappa shape index (κ1) is 12.2. The predicted octanol–water partition coefficient (Wildman–Crippen LogP) is 0.209. The molecule has 74 valence electrons. The molecule has 2 N–H and O–H groups in total. The molecule has 0 aromatic carbocycles. The fourth-order valence-electron chi connectivity index (χ4n) is 0.899. The second-order valence-electron chi connectivity index (χ2n) is 2.84. The molecule has 0 saturated heterocycles. The molecular formula is C7H16O4Se. The van der Waals surface area contributed by atoms with Crippen molar-refractivity contribution in [2.75, 3.05) is 13.2 Å². The predicted molar refractivity (Wildman–Crippen MR) is 44.7 cm³/mol. The van der Waals surface area contributed by atoms with Crippen LogP contribution in [0.5, 0.6) is 0 Å². The first-order chi connectivity index (χ1) is 5.60. The van der Waals surface area contributed by atoms with Crippen LogP contribution in [0.15, 0.2) is 0 Å². The molecule has 0 bridgehead atoms. The minimum absolute atomic E-state index is 0.00111. The van der Waals surface area contributed by atoms with E-state index >= 15 is 0 Å². The van der Waals surface area contributed by atoms with Gasteiger partial charge in [0.2, 0.25) is 0 Å². The van der Waals surface area contributed by atoms with Crippen LogP contribution in [0.25, 0.3) is 0 Å². The van der Waals surface area contributed by atoms with Crippen LogP contribution in [0.4, 0.5) is 0 Å². The summed E-state index contributed by atoms with van der Waals surface area (Å²) in [5.41, 5.74) is -0.338. The second kappa shape index (κ2) is 5.78. The molecule has 12 heavy (non-hydrogen) atoms. The van der Waals surface area contributed by atoms with Gasteiger partial charge in [-0.15, -0.1) is 0 Å². The van der Waals surface area contributed by atoms with Crippen molar-refractivity contribution in [1.82, 2.24) is 0 Å². The summed E-state index contributed by atoms with van der Waals surface area (Å²) in [6.45, 7) is 4.03. The normalized spacial score (nSPS) is 14.7. The Labute approximate surface area is 77.3 Å². The average molecular weight is 243 g/mol. The maximum absolute atomic E-state index is 10.3. The molecule has 0 aliphatic heterocycles. The number of aliphatic hydroxyl groups is 1. The molecule has 0 spiro atoms. The fraction of sp³-hybridized carbons (Fsp3) is 1.00. The molecule has 0 saturated carbocycles. The van der Waals surface area contributed by atoms with Crippen LogP contribution < -0.4 is 0 Å². The van der Waals surface area contributed by atoms with E-state index in [-0.39, 0.29) is 18.6 Å². The molecular weight excluding hydrogens is 227 g/mol. The van der Waals surface area contributed by atoms with E-state index in [0.29, 0.717) is 0 Å². The van der Waals surface area contributed by atoms with Gasteiger partial charge in [-0.2, -0.15) is 0 Å². The fourth-order valence-corrected chi connectivity index (χ4v) is 1.63. The Bertz CT molecular complexity index is 136. The number of hydrogen-bond donors (Lipinski definition) is 2. The summed E-state index contributed by atoms with van der Waals surface area (Å²) >= 11 is -3.06. The Kier molecular flexibility index (Phi) is 5.87. The standard InChI is InChI=1S/C7H16O4Se/c1-3-7(4-2,5-8)6-11-12(9)10/h8H,3-6H2,1-2H3,(H,9,10). The van der Waals surface area contributed by atoms with E-state index in [9.17, 15) is 3.83 Å². The Balaban J connectivity index is 4.01. The van der Waals surface area contributed by atoms with Crippen molar-refractivity contribution >= 4 is 14.5 Å². The third kappa shape index (κ3) is 3.74. The molecule has 0 heterocycles. The summed E-state index contributed by atoms with van der Waals surface area (Å²) < 4.78 is 23.4. The van der Waals surface area contributed by atoms with E-state index in [2.05, 4.69) is 3.82 Å². The number of rotatable bonds is 6. The van der Waals surface area contributed by atoms with Crippen LogP contribution >= 0.6 is 0 Å². The molecule has 0 aliphatic carbocycles. The molecule has 0 aliphatic rings. The van der Waals surface area contributed by atoms with Crippen LogP contribution in [0, 0.1) is 5.41 Å². The monoisotopic (exact) mass is 244 g/mol. The van der Waals surface area contributed by atoms with Crippen molar-refractivity contribution in [2.24, 2.45) is 5.41 Å². The number of aliphatic hydroxyl groups excluding tert-OH is 1. The van der Waals surface area contributed by atoms with E-state index in [1.165, 1.54) is 0 Å². The first-order valence-electron chi connectivity index (χ1n) is 3.95. The van der Waals surface area contributed by atoms with E-state index in [4.69, 9.17) is 9.30 Å². The van der Waals surface area contributed by atoms with Gasteiger partial charge in [-0.3, -0.25) is 0 Å². The third-order valence-electron chi connectivity index (χ3n) is 2.30. The van der Waals surface area contributed by atoms with Crippen molar-refractivity contribution in [2.45, 2.75) is 26.7 Å². The maximum atomic E-state index is 10.3. The summed E-state index contributed by atoms with van der Waals surface area (Å²) in [6.07, 6.45) is 1.50. The van der Waals surface area contributed by atoms with Crippen LogP contribution in [0.1, 0.15) is 26.7 Å². The van der Waals surface area contributed by atoms with Gasteiger partial charge in [0.15, 0.2) is 0 Å². The van der Waals surface area contributed by atoms with Crippen LogP contribution in [-0.4, -0.2) is 37.0 Å².